The molecule has 3 unspecified atom stereocenters. The average molecular weight is 431 g/mol. The van der Waals surface area contributed by atoms with Crippen molar-refractivity contribution in [3.05, 3.63) is 65.9 Å². The SMILES string of the molecule is CC1CCC(C)N1CCCCCC1=CC=CC(=O)C1(C(=N)N)c1cnc2ccccc2c1. The lowest BCUT2D eigenvalue weighted by molar-refractivity contribution is -0.117. The van der Waals surface area contributed by atoms with Crippen LogP contribution in [0.2, 0.25) is 0 Å². The molecule has 1 saturated heterocycles. The van der Waals surface area contributed by atoms with Crippen molar-refractivity contribution in [1.82, 2.24) is 9.88 Å². The Kier molecular flexibility index (Phi) is 6.56. The number of rotatable bonds is 8. The van der Waals surface area contributed by atoms with Gasteiger partial charge in [0.15, 0.2) is 5.78 Å². The third-order valence-corrected chi connectivity index (χ3v) is 7.32. The number of amidine groups is 1. The molecule has 0 amide bonds. The summed E-state index contributed by atoms with van der Waals surface area (Å²) < 4.78 is 0. The quantitative estimate of drug-likeness (QED) is 0.354. The maximum atomic E-state index is 13.3. The van der Waals surface area contributed by atoms with E-state index in [4.69, 9.17) is 11.1 Å². The Morgan fingerprint density at radius 2 is 1.94 bits per heavy atom. The second-order valence-corrected chi connectivity index (χ2v) is 9.32. The molecular weight excluding hydrogens is 396 g/mol. The number of nitrogens with two attached hydrogens (primary N) is 1. The molecule has 2 aromatic rings. The zero-order valence-electron chi connectivity index (χ0n) is 19.2. The van der Waals surface area contributed by atoms with Gasteiger partial charge in [0.05, 0.1) is 5.52 Å². The Morgan fingerprint density at radius 3 is 2.69 bits per heavy atom. The van der Waals surface area contributed by atoms with Gasteiger partial charge in [0.25, 0.3) is 0 Å². The van der Waals surface area contributed by atoms with Crippen molar-refractivity contribution < 1.29 is 4.79 Å². The number of unbranched alkanes of at least 4 members (excludes halogenated alkanes) is 2. The Morgan fingerprint density at radius 1 is 1.19 bits per heavy atom. The van der Waals surface area contributed by atoms with E-state index in [0.717, 1.165) is 48.7 Å². The standard InChI is InChI=1S/C27H34N4O/c1-19-14-15-20(2)31(19)16-7-3-4-10-22-11-8-13-25(32)27(22,26(28)29)23-17-21-9-5-6-12-24(21)30-18-23/h5-6,8-9,11-13,17-20H,3-4,7,10,14-16H2,1-2H3,(H3,28,29). The molecule has 1 aromatic heterocycles. The zero-order valence-corrected chi connectivity index (χ0v) is 19.2. The van der Waals surface area contributed by atoms with E-state index >= 15 is 0 Å². The number of hydrogen-bond donors (Lipinski definition) is 2. The maximum absolute atomic E-state index is 13.3. The Hall–Kier alpha value is -2.79. The van der Waals surface area contributed by atoms with Crippen molar-refractivity contribution in [2.75, 3.05) is 6.54 Å². The highest BCUT2D eigenvalue weighted by molar-refractivity contribution is 6.20. The highest BCUT2D eigenvalue weighted by Crippen LogP contribution is 2.39. The molecule has 5 nitrogen and oxygen atoms in total. The lowest BCUT2D eigenvalue weighted by Crippen LogP contribution is -2.49. The van der Waals surface area contributed by atoms with Crippen LogP contribution in [0.1, 0.15) is 57.9 Å². The Balaban J connectivity index is 1.51. The monoisotopic (exact) mass is 430 g/mol. The van der Waals surface area contributed by atoms with Crippen LogP contribution in [-0.4, -0.2) is 40.1 Å². The smallest absolute Gasteiger partial charge is 0.177 e. The maximum Gasteiger partial charge on any atom is 0.177 e. The number of allylic oxidation sites excluding steroid dienone is 3. The molecule has 3 N–H and O–H groups in total. The van der Waals surface area contributed by atoms with Gasteiger partial charge in [-0.1, -0.05) is 36.8 Å². The van der Waals surface area contributed by atoms with Crippen molar-refractivity contribution in [2.24, 2.45) is 5.73 Å². The van der Waals surface area contributed by atoms with Gasteiger partial charge < -0.3 is 5.73 Å². The first-order valence-electron chi connectivity index (χ1n) is 11.8. The highest BCUT2D eigenvalue weighted by atomic mass is 16.1. The van der Waals surface area contributed by atoms with E-state index < -0.39 is 5.41 Å². The molecule has 0 radical (unpaired) electrons. The number of nitrogens with zero attached hydrogens (tertiary/aromatic N) is 2. The molecule has 0 saturated carbocycles. The fourth-order valence-corrected chi connectivity index (χ4v) is 5.47. The van der Waals surface area contributed by atoms with Crippen LogP contribution in [0.3, 0.4) is 0 Å². The molecule has 1 aromatic carbocycles. The lowest BCUT2D eigenvalue weighted by Gasteiger charge is -2.35. The zero-order chi connectivity index (χ0) is 22.7. The number of pyridine rings is 1. The van der Waals surface area contributed by atoms with Crippen molar-refractivity contribution in [3.63, 3.8) is 0 Å². The minimum atomic E-state index is -1.25. The number of hydrogen-bond acceptors (Lipinski definition) is 4. The third kappa shape index (κ3) is 4.02. The molecule has 5 heteroatoms. The van der Waals surface area contributed by atoms with E-state index in [2.05, 4.69) is 23.7 Å². The van der Waals surface area contributed by atoms with Crippen LogP contribution >= 0.6 is 0 Å². The van der Waals surface area contributed by atoms with Crippen LogP contribution in [0.5, 0.6) is 0 Å². The lowest BCUT2D eigenvalue weighted by atomic mass is 9.66. The number of carbonyl (C=O) groups is 1. The molecule has 2 aliphatic rings. The number of carbonyl (C=O) groups excluding carboxylic acids is 1. The second-order valence-electron chi connectivity index (χ2n) is 9.32. The molecule has 1 fully saturated rings. The van der Waals surface area contributed by atoms with Gasteiger partial charge in [-0.15, -0.1) is 0 Å². The summed E-state index contributed by atoms with van der Waals surface area (Å²) in [5, 5.41) is 9.41. The first-order valence-corrected chi connectivity index (χ1v) is 11.8. The summed E-state index contributed by atoms with van der Waals surface area (Å²) in [6, 6.07) is 11.1. The molecule has 1 aliphatic carbocycles. The molecule has 3 atom stereocenters. The van der Waals surface area contributed by atoms with Crippen LogP contribution in [0.4, 0.5) is 0 Å². The summed E-state index contributed by atoms with van der Waals surface area (Å²) in [5.74, 6) is -0.283. The highest BCUT2D eigenvalue weighted by Gasteiger charge is 2.46. The van der Waals surface area contributed by atoms with Gasteiger partial charge in [0.2, 0.25) is 0 Å². The Bertz CT molecular complexity index is 1060. The van der Waals surface area contributed by atoms with Gasteiger partial charge in [-0.25, -0.2) is 0 Å². The van der Waals surface area contributed by atoms with Crippen LogP contribution in [0.15, 0.2) is 60.3 Å². The average Bonchev–Trinajstić information content (AvgIpc) is 3.10. The molecule has 2 heterocycles. The largest absolute Gasteiger partial charge is 0.386 e. The minimum absolute atomic E-state index is 0.130. The van der Waals surface area contributed by atoms with Gasteiger partial charge in [-0.2, -0.15) is 0 Å². The van der Waals surface area contributed by atoms with Crippen LogP contribution < -0.4 is 5.73 Å². The molecule has 4 rings (SSSR count). The molecule has 168 valence electrons. The molecule has 32 heavy (non-hydrogen) atoms. The number of aromatic nitrogens is 1. The fraction of sp³-hybridized carbons (Fsp3) is 0.444. The van der Waals surface area contributed by atoms with Gasteiger partial charge in [-0.05, 0) is 81.8 Å². The van der Waals surface area contributed by atoms with Crippen LogP contribution in [0, 0.1) is 5.41 Å². The van der Waals surface area contributed by atoms with Crippen molar-refractivity contribution >= 4 is 22.5 Å². The van der Waals surface area contributed by atoms with Gasteiger partial charge in [-0.3, -0.25) is 20.1 Å². The predicted molar refractivity (Wildman–Crippen MR) is 131 cm³/mol. The summed E-state index contributed by atoms with van der Waals surface area (Å²) in [7, 11) is 0. The summed E-state index contributed by atoms with van der Waals surface area (Å²) in [5.41, 5.74) is 7.36. The molecule has 0 bridgehead atoms. The van der Waals surface area contributed by atoms with Crippen molar-refractivity contribution in [1.29, 1.82) is 5.41 Å². The van der Waals surface area contributed by atoms with E-state index in [1.54, 1.807) is 12.3 Å². The number of benzene rings is 1. The number of fused-ring (bicyclic) bond motifs is 1. The summed E-state index contributed by atoms with van der Waals surface area (Å²) in [6.45, 7) is 5.78. The molecule has 0 spiro atoms. The summed E-state index contributed by atoms with van der Waals surface area (Å²) >= 11 is 0. The fourth-order valence-electron chi connectivity index (χ4n) is 5.47. The van der Waals surface area contributed by atoms with Crippen molar-refractivity contribution in [2.45, 2.75) is 69.9 Å². The van der Waals surface area contributed by atoms with Gasteiger partial charge >= 0.3 is 0 Å². The number of likely N-dealkylation sites (tertiary alicyclic amines) is 1. The number of ketones is 1. The van der Waals surface area contributed by atoms with Crippen molar-refractivity contribution in [3.8, 4) is 0 Å². The van der Waals surface area contributed by atoms with E-state index in [-0.39, 0.29) is 11.6 Å². The molecular formula is C27H34N4O. The minimum Gasteiger partial charge on any atom is -0.386 e. The molecule has 1 aliphatic heterocycles. The first-order chi connectivity index (χ1) is 15.4. The Labute approximate surface area is 190 Å². The number of para-hydroxylation sites is 1. The van der Waals surface area contributed by atoms with Gasteiger partial charge in [0.1, 0.15) is 11.3 Å². The number of nitrogens with one attached hydrogen (secondary N) is 1. The van der Waals surface area contributed by atoms with Gasteiger partial charge in [0, 0.05) is 23.7 Å². The first kappa shape index (κ1) is 22.4. The summed E-state index contributed by atoms with van der Waals surface area (Å²) in [6.07, 6.45) is 13.6. The van der Waals surface area contributed by atoms with E-state index in [0.29, 0.717) is 17.6 Å². The third-order valence-electron chi connectivity index (χ3n) is 7.32. The summed E-state index contributed by atoms with van der Waals surface area (Å²) in [4.78, 5) is 20.4. The predicted octanol–water partition coefficient (Wildman–Crippen LogP) is 4.91. The van der Waals surface area contributed by atoms with E-state index in [1.807, 2.05) is 36.4 Å². The topological polar surface area (TPSA) is 83.1 Å². The normalized spacial score (nSPS) is 25.9. The van der Waals surface area contributed by atoms with E-state index in [9.17, 15) is 4.79 Å². The van der Waals surface area contributed by atoms with E-state index in [1.165, 1.54) is 18.9 Å². The second kappa shape index (κ2) is 9.37. The van der Waals surface area contributed by atoms with Crippen LogP contribution in [-0.2, 0) is 10.2 Å². The van der Waals surface area contributed by atoms with Crippen LogP contribution in [0.25, 0.3) is 10.9 Å².